The van der Waals surface area contributed by atoms with E-state index in [2.05, 4.69) is 33.8 Å². The maximum Gasteiger partial charge on any atom is 0.0622 e. The summed E-state index contributed by atoms with van der Waals surface area (Å²) in [6, 6.07) is 0. The van der Waals surface area contributed by atoms with E-state index in [0.29, 0.717) is 22.9 Å². The SMILES string of the molecule is C/C=C1/CC[C@H]2[C@@H]3CC[C@@H]4C[C@](C)(O)CC[C@]4(C(C)OC)[C@H]3CC[C@]12C. The van der Waals surface area contributed by atoms with Gasteiger partial charge in [-0.2, -0.15) is 0 Å². The number of allylic oxidation sites excluding steroid dienone is 2. The van der Waals surface area contributed by atoms with Gasteiger partial charge >= 0.3 is 0 Å². The zero-order chi connectivity index (χ0) is 18.7. The van der Waals surface area contributed by atoms with Crippen molar-refractivity contribution in [1.82, 2.24) is 0 Å². The summed E-state index contributed by atoms with van der Waals surface area (Å²) in [6.07, 6.45) is 13.9. The Bertz CT molecular complexity index is 579. The Hall–Kier alpha value is -0.340. The minimum atomic E-state index is -0.469. The molecule has 0 spiro atoms. The molecule has 0 aromatic heterocycles. The molecule has 2 heteroatoms. The van der Waals surface area contributed by atoms with Crippen molar-refractivity contribution in [2.24, 2.45) is 34.5 Å². The quantitative estimate of drug-likeness (QED) is 0.636. The average molecular weight is 361 g/mol. The Balaban J connectivity index is 1.70. The van der Waals surface area contributed by atoms with Crippen molar-refractivity contribution >= 4 is 0 Å². The number of ether oxygens (including phenoxy) is 1. The summed E-state index contributed by atoms with van der Waals surface area (Å²) in [6.45, 7) is 9.22. The van der Waals surface area contributed by atoms with Gasteiger partial charge in [-0.15, -0.1) is 0 Å². The molecule has 0 aromatic rings. The van der Waals surface area contributed by atoms with Crippen molar-refractivity contribution in [3.8, 4) is 0 Å². The number of aliphatic hydroxyl groups is 1. The highest BCUT2D eigenvalue weighted by molar-refractivity contribution is 5.24. The van der Waals surface area contributed by atoms with E-state index >= 15 is 0 Å². The standard InChI is InChI=1S/C24H40O2/c1-6-17-8-10-20-19-9-7-18-15-22(3,25)13-14-24(18,16(2)26-5)21(19)11-12-23(17,20)4/h6,16,18-21,25H,7-15H2,1-5H3/b17-6-/t16?,18-,19+,20+,21+,22-,23-,24-/m1/s1. The van der Waals surface area contributed by atoms with Crippen LogP contribution in [0.4, 0.5) is 0 Å². The number of rotatable bonds is 2. The molecule has 0 saturated heterocycles. The van der Waals surface area contributed by atoms with Crippen LogP contribution in [0.5, 0.6) is 0 Å². The van der Waals surface area contributed by atoms with E-state index in [1.165, 1.54) is 38.5 Å². The second-order valence-electron chi connectivity index (χ2n) is 10.7. The van der Waals surface area contributed by atoms with Gasteiger partial charge in [-0.3, -0.25) is 0 Å². The van der Waals surface area contributed by atoms with Crippen LogP contribution < -0.4 is 0 Å². The van der Waals surface area contributed by atoms with E-state index in [-0.39, 0.29) is 0 Å². The van der Waals surface area contributed by atoms with Gasteiger partial charge in [0.2, 0.25) is 0 Å². The first kappa shape index (κ1) is 19.0. The van der Waals surface area contributed by atoms with Crippen LogP contribution in [0.25, 0.3) is 0 Å². The fourth-order valence-electron chi connectivity index (χ4n) is 8.50. The lowest BCUT2D eigenvalue weighted by Crippen LogP contribution is -2.60. The van der Waals surface area contributed by atoms with Gasteiger partial charge in [0.1, 0.15) is 0 Å². The first-order valence-corrected chi connectivity index (χ1v) is 11.2. The van der Waals surface area contributed by atoms with Crippen LogP contribution in [0, 0.1) is 34.5 Å². The molecule has 4 aliphatic carbocycles. The number of hydrogen-bond acceptors (Lipinski definition) is 2. The van der Waals surface area contributed by atoms with Gasteiger partial charge in [-0.1, -0.05) is 18.6 Å². The van der Waals surface area contributed by atoms with Crippen LogP contribution in [-0.4, -0.2) is 23.9 Å². The minimum absolute atomic E-state index is 0.292. The fraction of sp³-hybridized carbons (Fsp3) is 0.917. The molecule has 0 amide bonds. The van der Waals surface area contributed by atoms with E-state index in [0.717, 1.165) is 37.0 Å². The molecule has 4 saturated carbocycles. The summed E-state index contributed by atoms with van der Waals surface area (Å²) in [4.78, 5) is 0. The zero-order valence-electron chi connectivity index (χ0n) is 17.7. The Morgan fingerprint density at radius 1 is 1.08 bits per heavy atom. The molecule has 1 unspecified atom stereocenters. The highest BCUT2D eigenvalue weighted by atomic mass is 16.5. The van der Waals surface area contributed by atoms with Crippen LogP contribution in [0.15, 0.2) is 11.6 Å². The number of fused-ring (bicyclic) bond motifs is 5. The molecule has 1 N–H and O–H groups in total. The summed E-state index contributed by atoms with van der Waals surface area (Å²) in [5.41, 5.74) is 2.02. The normalized spacial score (nSPS) is 53.7. The number of methoxy groups -OCH3 is 1. The third-order valence-corrected chi connectivity index (χ3v) is 9.83. The van der Waals surface area contributed by atoms with E-state index in [1.807, 2.05) is 7.11 Å². The highest BCUT2D eigenvalue weighted by Gasteiger charge is 2.63. The second kappa shape index (κ2) is 6.34. The van der Waals surface area contributed by atoms with Gasteiger partial charge in [-0.05, 0) is 108 Å². The van der Waals surface area contributed by atoms with Crippen molar-refractivity contribution in [2.75, 3.05) is 7.11 Å². The number of hydrogen-bond donors (Lipinski definition) is 1. The Labute approximate surface area is 160 Å². The van der Waals surface area contributed by atoms with E-state index in [9.17, 15) is 5.11 Å². The zero-order valence-corrected chi connectivity index (χ0v) is 17.7. The fourth-order valence-corrected chi connectivity index (χ4v) is 8.50. The molecular weight excluding hydrogens is 320 g/mol. The molecule has 148 valence electrons. The van der Waals surface area contributed by atoms with Crippen molar-refractivity contribution in [1.29, 1.82) is 0 Å². The molecule has 4 aliphatic rings. The van der Waals surface area contributed by atoms with E-state index < -0.39 is 5.60 Å². The lowest BCUT2D eigenvalue weighted by molar-refractivity contribution is -0.194. The predicted octanol–water partition coefficient (Wildman–Crippen LogP) is 5.74. The van der Waals surface area contributed by atoms with Crippen molar-refractivity contribution in [3.63, 3.8) is 0 Å². The molecule has 0 bridgehead atoms. The van der Waals surface area contributed by atoms with E-state index in [1.54, 1.807) is 5.57 Å². The molecule has 0 aliphatic heterocycles. The Kier molecular flexibility index (Phi) is 4.63. The summed E-state index contributed by atoms with van der Waals surface area (Å²) in [5, 5.41) is 10.8. The lowest BCUT2D eigenvalue weighted by atomic mass is 9.42. The third kappa shape index (κ3) is 2.50. The first-order chi connectivity index (χ1) is 12.3. The monoisotopic (exact) mass is 360 g/mol. The Morgan fingerprint density at radius 2 is 1.85 bits per heavy atom. The van der Waals surface area contributed by atoms with E-state index in [4.69, 9.17) is 4.74 Å². The second-order valence-corrected chi connectivity index (χ2v) is 10.7. The molecule has 8 atom stereocenters. The van der Waals surface area contributed by atoms with Crippen LogP contribution in [-0.2, 0) is 4.74 Å². The maximum atomic E-state index is 10.8. The van der Waals surface area contributed by atoms with Gasteiger partial charge in [0.25, 0.3) is 0 Å². The van der Waals surface area contributed by atoms with Gasteiger partial charge in [0, 0.05) is 12.5 Å². The summed E-state index contributed by atoms with van der Waals surface area (Å²) >= 11 is 0. The summed E-state index contributed by atoms with van der Waals surface area (Å²) < 4.78 is 6.05. The molecular formula is C24H40O2. The van der Waals surface area contributed by atoms with Crippen molar-refractivity contribution in [2.45, 2.75) is 97.2 Å². The maximum absolute atomic E-state index is 10.8. The van der Waals surface area contributed by atoms with Crippen LogP contribution in [0.1, 0.15) is 85.5 Å². The van der Waals surface area contributed by atoms with Crippen LogP contribution in [0.3, 0.4) is 0 Å². The predicted molar refractivity (Wildman–Crippen MR) is 107 cm³/mol. The first-order valence-electron chi connectivity index (χ1n) is 11.2. The molecule has 2 nitrogen and oxygen atoms in total. The van der Waals surface area contributed by atoms with Gasteiger partial charge in [-0.25, -0.2) is 0 Å². The average Bonchev–Trinajstić information content (AvgIpc) is 2.96. The molecule has 4 rings (SSSR count). The molecule has 0 heterocycles. The third-order valence-electron chi connectivity index (χ3n) is 9.83. The largest absolute Gasteiger partial charge is 0.390 e. The lowest BCUT2D eigenvalue weighted by Gasteiger charge is -2.64. The molecule has 0 radical (unpaired) electrons. The van der Waals surface area contributed by atoms with Crippen molar-refractivity contribution in [3.05, 3.63) is 11.6 Å². The van der Waals surface area contributed by atoms with Gasteiger partial charge < -0.3 is 9.84 Å². The van der Waals surface area contributed by atoms with Gasteiger partial charge in [0.15, 0.2) is 0 Å². The summed E-state index contributed by atoms with van der Waals surface area (Å²) in [5.74, 6) is 3.16. The topological polar surface area (TPSA) is 29.5 Å². The minimum Gasteiger partial charge on any atom is -0.390 e. The Morgan fingerprint density at radius 3 is 2.54 bits per heavy atom. The van der Waals surface area contributed by atoms with Crippen LogP contribution >= 0.6 is 0 Å². The molecule has 26 heavy (non-hydrogen) atoms. The molecule has 0 aromatic carbocycles. The molecule has 4 fully saturated rings. The van der Waals surface area contributed by atoms with Crippen LogP contribution in [0.2, 0.25) is 0 Å². The highest BCUT2D eigenvalue weighted by Crippen LogP contribution is 2.69. The summed E-state index contributed by atoms with van der Waals surface area (Å²) in [7, 11) is 1.91. The van der Waals surface area contributed by atoms with Gasteiger partial charge in [0.05, 0.1) is 11.7 Å². The van der Waals surface area contributed by atoms with Crippen molar-refractivity contribution < 1.29 is 9.84 Å². The smallest absolute Gasteiger partial charge is 0.0622 e.